The molecule has 2 saturated heterocycles. The van der Waals surface area contributed by atoms with E-state index in [0.717, 1.165) is 19.6 Å². The lowest BCUT2D eigenvalue weighted by Gasteiger charge is -2.35. The van der Waals surface area contributed by atoms with Crippen LogP contribution in [-0.2, 0) is 21.3 Å². The van der Waals surface area contributed by atoms with Gasteiger partial charge in [0.2, 0.25) is 10.0 Å². The fourth-order valence-corrected chi connectivity index (χ4v) is 6.68. The van der Waals surface area contributed by atoms with Crippen LogP contribution in [0.5, 0.6) is 0 Å². The van der Waals surface area contributed by atoms with Crippen molar-refractivity contribution in [3.63, 3.8) is 0 Å². The molecule has 9 nitrogen and oxygen atoms in total. The van der Waals surface area contributed by atoms with Crippen LogP contribution in [0.25, 0.3) is 22.3 Å². The number of benzene rings is 2. The maximum absolute atomic E-state index is 14.0. The van der Waals surface area contributed by atoms with Crippen molar-refractivity contribution in [2.45, 2.75) is 11.4 Å². The van der Waals surface area contributed by atoms with Gasteiger partial charge in [0.15, 0.2) is 0 Å². The molecule has 2 aromatic carbocycles. The number of sulfonamides is 1. The molecule has 1 amide bonds. The van der Waals surface area contributed by atoms with Crippen molar-refractivity contribution in [3.8, 4) is 11.4 Å². The lowest BCUT2D eigenvalue weighted by molar-refractivity contribution is 0.0630. The number of aromatic nitrogens is 2. The summed E-state index contributed by atoms with van der Waals surface area (Å²) in [5, 5.41) is 0.519. The summed E-state index contributed by atoms with van der Waals surface area (Å²) in [7, 11) is -3.74. The zero-order valence-electron chi connectivity index (χ0n) is 22.1. The number of ether oxygens (including phenoxy) is 1. The van der Waals surface area contributed by atoms with Crippen LogP contribution in [0.1, 0.15) is 15.9 Å². The minimum Gasteiger partial charge on any atom is -0.379 e. The highest BCUT2D eigenvalue weighted by molar-refractivity contribution is 7.89. The van der Waals surface area contributed by atoms with Gasteiger partial charge in [-0.1, -0.05) is 36.4 Å². The third-order valence-electron chi connectivity index (χ3n) is 7.45. The van der Waals surface area contributed by atoms with Crippen molar-refractivity contribution in [3.05, 3.63) is 90.1 Å². The number of rotatable bonds is 6. The summed E-state index contributed by atoms with van der Waals surface area (Å²) in [4.78, 5) is 27.5. The Morgan fingerprint density at radius 2 is 1.57 bits per heavy atom. The van der Waals surface area contributed by atoms with Crippen molar-refractivity contribution in [1.29, 1.82) is 0 Å². The third-order valence-corrected chi connectivity index (χ3v) is 9.35. The van der Waals surface area contributed by atoms with E-state index < -0.39 is 10.0 Å². The van der Waals surface area contributed by atoms with E-state index in [0.29, 0.717) is 67.2 Å². The van der Waals surface area contributed by atoms with Crippen LogP contribution < -0.4 is 0 Å². The van der Waals surface area contributed by atoms with Crippen LogP contribution in [-0.4, -0.2) is 90.9 Å². The first-order valence-electron chi connectivity index (χ1n) is 13.5. The normalized spacial score (nSPS) is 17.2. The monoisotopic (exact) mass is 557 g/mol. The Bertz CT molecular complexity index is 1600. The van der Waals surface area contributed by atoms with Crippen LogP contribution in [0.4, 0.5) is 0 Å². The molecule has 2 aromatic heterocycles. The fourth-order valence-electron chi connectivity index (χ4n) is 5.24. The third kappa shape index (κ3) is 5.48. The molecule has 2 fully saturated rings. The van der Waals surface area contributed by atoms with Crippen molar-refractivity contribution in [2.75, 3.05) is 52.5 Å². The molecule has 6 rings (SSSR count). The highest BCUT2D eigenvalue weighted by Crippen LogP contribution is 2.29. The quantitative estimate of drug-likeness (QED) is 0.359. The maximum atomic E-state index is 14.0. The molecule has 4 aromatic rings. The molecule has 0 atom stereocenters. The van der Waals surface area contributed by atoms with Gasteiger partial charge in [-0.25, -0.2) is 13.4 Å². The lowest BCUT2D eigenvalue weighted by atomic mass is 10.0. The molecule has 0 unspecified atom stereocenters. The highest BCUT2D eigenvalue weighted by Gasteiger charge is 2.29. The lowest BCUT2D eigenvalue weighted by Crippen LogP contribution is -2.48. The number of hydrogen-bond acceptors (Lipinski definition) is 7. The van der Waals surface area contributed by atoms with Crippen LogP contribution in [0, 0.1) is 0 Å². The number of fused-ring (bicyclic) bond motifs is 1. The SMILES string of the molecule is O=C(c1cc(-c2ccccn2)nc2ccc(S(=O)(=O)N3CCOCC3)cc12)N1CCN(Cc2ccccc2)CC1. The number of nitrogens with zero attached hydrogens (tertiary/aromatic N) is 5. The van der Waals surface area contributed by atoms with Crippen LogP contribution >= 0.6 is 0 Å². The van der Waals surface area contributed by atoms with Crippen LogP contribution in [0.15, 0.2) is 83.9 Å². The summed E-state index contributed by atoms with van der Waals surface area (Å²) in [5.74, 6) is -0.134. The van der Waals surface area contributed by atoms with Gasteiger partial charge in [-0.05, 0) is 42.0 Å². The largest absolute Gasteiger partial charge is 0.379 e. The van der Waals surface area contributed by atoms with Gasteiger partial charge in [0.1, 0.15) is 0 Å². The van der Waals surface area contributed by atoms with Gasteiger partial charge >= 0.3 is 0 Å². The number of piperazine rings is 1. The summed E-state index contributed by atoms with van der Waals surface area (Å²) in [6, 6.07) is 22.5. The zero-order valence-corrected chi connectivity index (χ0v) is 23.0. The van der Waals surface area contributed by atoms with Crippen LogP contribution in [0.2, 0.25) is 0 Å². The van der Waals surface area contributed by atoms with Gasteiger partial charge < -0.3 is 9.64 Å². The topological polar surface area (TPSA) is 95.9 Å². The van der Waals surface area contributed by atoms with Gasteiger partial charge in [-0.3, -0.25) is 14.7 Å². The molecular weight excluding hydrogens is 526 g/mol. The molecule has 4 heterocycles. The molecular formula is C30H31N5O4S. The van der Waals surface area contributed by atoms with Crippen LogP contribution in [0.3, 0.4) is 0 Å². The minimum absolute atomic E-state index is 0.134. The summed E-state index contributed by atoms with van der Waals surface area (Å²) in [5.41, 5.74) is 3.45. The Hall–Kier alpha value is -3.70. The second-order valence-corrected chi connectivity index (χ2v) is 12.0. The van der Waals surface area contributed by atoms with E-state index in [9.17, 15) is 13.2 Å². The highest BCUT2D eigenvalue weighted by atomic mass is 32.2. The first kappa shape index (κ1) is 26.5. The summed E-state index contributed by atoms with van der Waals surface area (Å²) in [6.45, 7) is 4.85. The van der Waals surface area contributed by atoms with Gasteiger partial charge in [0, 0.05) is 57.4 Å². The average molecular weight is 558 g/mol. The van der Waals surface area contributed by atoms with E-state index in [-0.39, 0.29) is 10.8 Å². The number of carbonyl (C=O) groups is 1. The predicted octanol–water partition coefficient (Wildman–Crippen LogP) is 3.28. The van der Waals surface area contributed by atoms with E-state index in [1.54, 1.807) is 30.5 Å². The zero-order chi connectivity index (χ0) is 27.5. The molecule has 206 valence electrons. The number of pyridine rings is 2. The molecule has 0 saturated carbocycles. The smallest absolute Gasteiger partial charge is 0.254 e. The number of carbonyl (C=O) groups excluding carboxylic acids is 1. The summed E-state index contributed by atoms with van der Waals surface area (Å²) in [6.07, 6.45) is 1.69. The molecule has 0 N–H and O–H groups in total. The van der Waals surface area contributed by atoms with E-state index in [1.165, 1.54) is 9.87 Å². The number of morpholine rings is 1. The van der Waals surface area contributed by atoms with E-state index in [4.69, 9.17) is 9.72 Å². The maximum Gasteiger partial charge on any atom is 0.254 e. The Balaban J connectivity index is 1.33. The summed E-state index contributed by atoms with van der Waals surface area (Å²) < 4.78 is 33.6. The Kier molecular flexibility index (Phi) is 7.57. The van der Waals surface area contributed by atoms with Gasteiger partial charge in [-0.2, -0.15) is 4.31 Å². The fraction of sp³-hybridized carbons (Fsp3) is 0.300. The molecule has 0 aliphatic carbocycles. The van der Waals surface area contributed by atoms with E-state index >= 15 is 0 Å². The Morgan fingerprint density at radius 1 is 0.825 bits per heavy atom. The minimum atomic E-state index is -3.74. The second kappa shape index (κ2) is 11.4. The first-order chi connectivity index (χ1) is 19.5. The standard InChI is InChI=1S/C30H31N5O4S/c36-30(34-14-12-33(13-15-34)22-23-6-2-1-3-7-23)26-21-29(28-8-4-5-11-31-28)32-27-10-9-24(20-25(26)27)40(37,38)35-16-18-39-19-17-35/h1-11,20-21H,12-19,22H2. The van der Waals surface area contributed by atoms with Crippen molar-refractivity contribution < 1.29 is 17.9 Å². The van der Waals surface area contributed by atoms with Gasteiger partial charge in [0.25, 0.3) is 5.91 Å². The van der Waals surface area contributed by atoms with Crippen molar-refractivity contribution in [1.82, 2.24) is 24.1 Å². The molecule has 0 spiro atoms. The first-order valence-corrected chi connectivity index (χ1v) is 14.9. The molecule has 2 aliphatic heterocycles. The average Bonchev–Trinajstić information content (AvgIpc) is 3.01. The molecule has 40 heavy (non-hydrogen) atoms. The summed E-state index contributed by atoms with van der Waals surface area (Å²) >= 11 is 0. The number of amides is 1. The Labute approximate surface area is 234 Å². The molecule has 0 bridgehead atoms. The Morgan fingerprint density at radius 3 is 2.30 bits per heavy atom. The van der Waals surface area contributed by atoms with Gasteiger partial charge in [0.05, 0.1) is 40.6 Å². The van der Waals surface area contributed by atoms with E-state index in [2.05, 4.69) is 22.0 Å². The van der Waals surface area contributed by atoms with Crippen molar-refractivity contribution in [2.24, 2.45) is 0 Å². The number of hydrogen-bond donors (Lipinski definition) is 0. The predicted molar refractivity (Wildman–Crippen MR) is 152 cm³/mol. The van der Waals surface area contributed by atoms with Gasteiger partial charge in [-0.15, -0.1) is 0 Å². The second-order valence-electron chi connectivity index (χ2n) is 10.0. The molecule has 2 aliphatic rings. The van der Waals surface area contributed by atoms with E-state index in [1.807, 2.05) is 41.3 Å². The molecule has 0 radical (unpaired) electrons. The van der Waals surface area contributed by atoms with Crippen molar-refractivity contribution >= 4 is 26.8 Å². The molecule has 10 heteroatoms.